The Morgan fingerprint density at radius 2 is 2.03 bits per heavy atom. The number of aromatic nitrogens is 3. The molecule has 0 saturated carbocycles. The van der Waals surface area contributed by atoms with Crippen LogP contribution in [0, 0.1) is 13.8 Å². The molecule has 5 heteroatoms. The number of nitrogens with zero attached hydrogens (tertiary/aromatic N) is 2. The largest absolute Gasteiger partial charge is 0.358 e. The average Bonchev–Trinajstić information content (AvgIpc) is 3.30. The molecule has 1 atom stereocenters. The molecule has 30 heavy (non-hydrogen) atoms. The summed E-state index contributed by atoms with van der Waals surface area (Å²) in [6.45, 7) is 4.91. The zero-order chi connectivity index (χ0) is 20.7. The Balaban J connectivity index is 1.38. The van der Waals surface area contributed by atoms with Gasteiger partial charge in [-0.05, 0) is 62.4 Å². The zero-order valence-corrected chi connectivity index (χ0v) is 17.4. The summed E-state index contributed by atoms with van der Waals surface area (Å²) in [5.41, 5.74) is 7.74. The van der Waals surface area contributed by atoms with Crippen LogP contribution in [-0.4, -0.2) is 20.7 Å². The monoisotopic (exact) mass is 398 g/mol. The third kappa shape index (κ3) is 3.30. The van der Waals surface area contributed by atoms with E-state index >= 15 is 0 Å². The van der Waals surface area contributed by atoms with Crippen LogP contribution in [0.4, 0.5) is 0 Å². The number of hydrogen-bond donors (Lipinski definition) is 2. The Kier molecular flexibility index (Phi) is 4.66. The number of carbonyl (C=O) groups is 1. The number of fused-ring (bicyclic) bond motifs is 2. The molecule has 0 radical (unpaired) electrons. The Hall–Kier alpha value is -3.34. The van der Waals surface area contributed by atoms with Crippen LogP contribution in [0.25, 0.3) is 10.9 Å². The van der Waals surface area contributed by atoms with Crippen LogP contribution in [-0.2, 0) is 13.0 Å². The van der Waals surface area contributed by atoms with Crippen molar-refractivity contribution in [3.8, 4) is 0 Å². The van der Waals surface area contributed by atoms with Gasteiger partial charge in [0, 0.05) is 33.4 Å². The molecule has 0 bridgehead atoms. The number of aromatic amines is 1. The molecule has 0 fully saturated rings. The Bertz CT molecular complexity index is 1220. The maximum atomic E-state index is 13.0. The maximum absolute atomic E-state index is 13.0. The number of amides is 1. The van der Waals surface area contributed by atoms with Crippen molar-refractivity contribution in [3.05, 3.63) is 88.4 Å². The van der Waals surface area contributed by atoms with Gasteiger partial charge in [0.2, 0.25) is 0 Å². The molecule has 1 unspecified atom stereocenters. The second kappa shape index (κ2) is 7.48. The van der Waals surface area contributed by atoms with Gasteiger partial charge >= 0.3 is 0 Å². The summed E-state index contributed by atoms with van der Waals surface area (Å²) in [5.74, 6) is -0.0242. The molecule has 0 spiro atoms. The van der Waals surface area contributed by atoms with Crippen LogP contribution in [0.3, 0.4) is 0 Å². The van der Waals surface area contributed by atoms with Crippen LogP contribution in [0.5, 0.6) is 0 Å². The van der Waals surface area contributed by atoms with E-state index in [1.165, 1.54) is 16.8 Å². The molecule has 1 amide bonds. The molecular formula is C25H26N4O. The second-order valence-corrected chi connectivity index (χ2v) is 8.24. The van der Waals surface area contributed by atoms with Gasteiger partial charge in [0.25, 0.3) is 5.91 Å². The number of rotatable bonds is 4. The second-order valence-electron chi connectivity index (χ2n) is 8.24. The Morgan fingerprint density at radius 1 is 1.20 bits per heavy atom. The molecule has 5 rings (SSSR count). The molecule has 0 aliphatic heterocycles. The topological polar surface area (TPSA) is 62.7 Å². The standard InChI is InChI=1S/C25H26N4O/c1-16-17(2)27-23-12-11-19(13-20(16)23)25(30)28-22-9-6-10-24-21(22)14-26-29(24)15-18-7-4-3-5-8-18/h3-5,7-8,11-14,22,27H,6,9-10,15H2,1-2H3,(H,28,30). The predicted molar refractivity (Wildman–Crippen MR) is 119 cm³/mol. The van der Waals surface area contributed by atoms with Gasteiger partial charge in [-0.2, -0.15) is 5.10 Å². The number of H-pyrrole nitrogens is 1. The highest BCUT2D eigenvalue weighted by Crippen LogP contribution is 2.30. The summed E-state index contributed by atoms with van der Waals surface area (Å²) in [6.07, 6.45) is 4.93. The summed E-state index contributed by atoms with van der Waals surface area (Å²) in [6, 6.07) is 16.3. The maximum Gasteiger partial charge on any atom is 0.251 e. The SMILES string of the molecule is Cc1[nH]c2ccc(C(=O)NC3CCCc4c3cnn4Cc3ccccc3)cc2c1C. The fraction of sp³-hybridized carbons (Fsp3) is 0.280. The van der Waals surface area contributed by atoms with Crippen LogP contribution in [0.15, 0.2) is 54.7 Å². The molecule has 1 aliphatic carbocycles. The van der Waals surface area contributed by atoms with Crippen LogP contribution >= 0.6 is 0 Å². The third-order valence-electron chi connectivity index (χ3n) is 6.31. The first kappa shape index (κ1) is 18.7. The Labute approximate surface area is 176 Å². The van der Waals surface area contributed by atoms with Gasteiger partial charge in [-0.15, -0.1) is 0 Å². The van der Waals surface area contributed by atoms with Crippen molar-refractivity contribution in [1.82, 2.24) is 20.1 Å². The van der Waals surface area contributed by atoms with Gasteiger partial charge in [-0.25, -0.2) is 0 Å². The van der Waals surface area contributed by atoms with Crippen LogP contribution in [0.2, 0.25) is 0 Å². The van der Waals surface area contributed by atoms with Gasteiger partial charge in [-0.1, -0.05) is 30.3 Å². The molecule has 152 valence electrons. The molecule has 2 aromatic carbocycles. The summed E-state index contributed by atoms with van der Waals surface area (Å²) in [7, 11) is 0. The highest BCUT2D eigenvalue weighted by molar-refractivity contribution is 5.99. The van der Waals surface area contributed by atoms with E-state index in [2.05, 4.69) is 58.2 Å². The van der Waals surface area contributed by atoms with Gasteiger partial charge < -0.3 is 10.3 Å². The molecular weight excluding hydrogens is 372 g/mol. The molecule has 0 saturated heterocycles. The van der Waals surface area contributed by atoms with Gasteiger partial charge in [-0.3, -0.25) is 9.48 Å². The van der Waals surface area contributed by atoms with E-state index in [-0.39, 0.29) is 11.9 Å². The number of benzene rings is 2. The van der Waals surface area contributed by atoms with Gasteiger partial charge in [0.15, 0.2) is 0 Å². The molecule has 4 aromatic rings. The lowest BCUT2D eigenvalue weighted by Gasteiger charge is -2.24. The predicted octanol–water partition coefficient (Wildman–Crippen LogP) is 4.84. The van der Waals surface area contributed by atoms with E-state index in [0.29, 0.717) is 5.56 Å². The molecule has 2 heterocycles. The van der Waals surface area contributed by atoms with E-state index in [0.717, 1.165) is 48.0 Å². The fourth-order valence-corrected chi connectivity index (χ4v) is 4.51. The van der Waals surface area contributed by atoms with Gasteiger partial charge in [0.05, 0.1) is 18.8 Å². The van der Waals surface area contributed by atoms with E-state index in [4.69, 9.17) is 0 Å². The highest BCUT2D eigenvalue weighted by Gasteiger charge is 2.26. The minimum Gasteiger partial charge on any atom is -0.358 e. The first-order chi connectivity index (χ1) is 14.6. The number of carbonyl (C=O) groups excluding carboxylic acids is 1. The molecule has 2 N–H and O–H groups in total. The smallest absolute Gasteiger partial charge is 0.251 e. The summed E-state index contributed by atoms with van der Waals surface area (Å²) in [4.78, 5) is 16.4. The normalized spacial score (nSPS) is 15.9. The minimum atomic E-state index is -0.0242. The van der Waals surface area contributed by atoms with E-state index in [9.17, 15) is 4.79 Å². The molecule has 5 nitrogen and oxygen atoms in total. The average molecular weight is 399 g/mol. The lowest BCUT2D eigenvalue weighted by Crippen LogP contribution is -2.31. The first-order valence-electron chi connectivity index (χ1n) is 10.6. The van der Waals surface area contributed by atoms with Crippen molar-refractivity contribution >= 4 is 16.8 Å². The van der Waals surface area contributed by atoms with Crippen molar-refractivity contribution < 1.29 is 4.79 Å². The lowest BCUT2D eigenvalue weighted by molar-refractivity contribution is 0.0933. The van der Waals surface area contributed by atoms with Crippen molar-refractivity contribution in [2.75, 3.05) is 0 Å². The van der Waals surface area contributed by atoms with Crippen molar-refractivity contribution in [2.24, 2.45) is 0 Å². The minimum absolute atomic E-state index is 0.00975. The first-order valence-corrected chi connectivity index (χ1v) is 10.6. The Morgan fingerprint density at radius 3 is 2.87 bits per heavy atom. The van der Waals surface area contributed by atoms with E-state index in [1.807, 2.05) is 30.5 Å². The van der Waals surface area contributed by atoms with Crippen molar-refractivity contribution in [2.45, 2.75) is 45.7 Å². The zero-order valence-electron chi connectivity index (χ0n) is 17.4. The third-order valence-corrected chi connectivity index (χ3v) is 6.31. The summed E-state index contributed by atoms with van der Waals surface area (Å²) >= 11 is 0. The molecule has 2 aromatic heterocycles. The summed E-state index contributed by atoms with van der Waals surface area (Å²) < 4.78 is 2.08. The fourth-order valence-electron chi connectivity index (χ4n) is 4.51. The highest BCUT2D eigenvalue weighted by atomic mass is 16.1. The van der Waals surface area contributed by atoms with Crippen LogP contribution < -0.4 is 5.32 Å². The van der Waals surface area contributed by atoms with Gasteiger partial charge in [0.1, 0.15) is 0 Å². The molecule has 1 aliphatic rings. The van der Waals surface area contributed by atoms with Crippen molar-refractivity contribution in [1.29, 1.82) is 0 Å². The number of aryl methyl sites for hydroxylation is 2. The lowest BCUT2D eigenvalue weighted by atomic mass is 9.92. The number of hydrogen-bond acceptors (Lipinski definition) is 2. The quantitative estimate of drug-likeness (QED) is 0.517. The van der Waals surface area contributed by atoms with Crippen molar-refractivity contribution in [3.63, 3.8) is 0 Å². The summed E-state index contributed by atoms with van der Waals surface area (Å²) in [5, 5.41) is 9.01. The van der Waals surface area contributed by atoms with E-state index < -0.39 is 0 Å². The van der Waals surface area contributed by atoms with Crippen LogP contribution in [0.1, 0.15) is 57.3 Å². The number of nitrogens with one attached hydrogen (secondary N) is 2. The van der Waals surface area contributed by atoms with E-state index in [1.54, 1.807) is 0 Å².